The Labute approximate surface area is 80.1 Å². The molecule has 0 aromatic rings. The van der Waals surface area contributed by atoms with E-state index in [-0.39, 0.29) is 12.0 Å². The number of carboxylic acid groups (broad SMARTS) is 1. The Morgan fingerprint density at radius 3 is 2.46 bits per heavy atom. The average molecular weight is 188 g/mol. The second kappa shape index (κ2) is 6.89. The van der Waals surface area contributed by atoms with Crippen molar-refractivity contribution < 1.29 is 14.6 Å². The van der Waals surface area contributed by atoms with E-state index in [0.717, 1.165) is 19.4 Å². The first-order valence-corrected chi connectivity index (χ1v) is 4.92. The van der Waals surface area contributed by atoms with E-state index in [4.69, 9.17) is 9.84 Å². The Bertz CT molecular complexity index is 145. The third kappa shape index (κ3) is 6.58. The van der Waals surface area contributed by atoms with E-state index in [2.05, 4.69) is 6.92 Å². The van der Waals surface area contributed by atoms with Crippen LogP contribution in [0.4, 0.5) is 0 Å². The predicted molar refractivity (Wildman–Crippen MR) is 51.7 cm³/mol. The Hall–Kier alpha value is -0.570. The molecule has 0 saturated carbocycles. The van der Waals surface area contributed by atoms with Crippen LogP contribution in [-0.2, 0) is 9.53 Å². The van der Waals surface area contributed by atoms with Gasteiger partial charge in [-0.3, -0.25) is 4.79 Å². The van der Waals surface area contributed by atoms with Crippen molar-refractivity contribution >= 4 is 5.97 Å². The monoisotopic (exact) mass is 188 g/mol. The SMILES string of the molecule is CCCO[C@@H](C)CC[C@H](C)C(=O)O. The third-order valence-electron chi connectivity index (χ3n) is 2.03. The van der Waals surface area contributed by atoms with Crippen molar-refractivity contribution in [1.29, 1.82) is 0 Å². The van der Waals surface area contributed by atoms with Crippen molar-refractivity contribution in [2.45, 2.75) is 46.1 Å². The fourth-order valence-electron chi connectivity index (χ4n) is 1.01. The lowest BCUT2D eigenvalue weighted by Crippen LogP contribution is -2.14. The van der Waals surface area contributed by atoms with E-state index in [9.17, 15) is 4.79 Å². The fraction of sp³-hybridized carbons (Fsp3) is 0.900. The zero-order chi connectivity index (χ0) is 10.3. The molecule has 2 atom stereocenters. The lowest BCUT2D eigenvalue weighted by atomic mass is 10.0. The lowest BCUT2D eigenvalue weighted by Gasteiger charge is -2.13. The number of rotatable bonds is 7. The minimum atomic E-state index is -0.720. The molecule has 0 aromatic heterocycles. The highest BCUT2D eigenvalue weighted by molar-refractivity contribution is 5.69. The maximum atomic E-state index is 10.5. The summed E-state index contributed by atoms with van der Waals surface area (Å²) in [7, 11) is 0. The number of hydrogen-bond acceptors (Lipinski definition) is 2. The smallest absolute Gasteiger partial charge is 0.306 e. The zero-order valence-electron chi connectivity index (χ0n) is 8.75. The van der Waals surface area contributed by atoms with Crippen molar-refractivity contribution in [2.24, 2.45) is 5.92 Å². The third-order valence-corrected chi connectivity index (χ3v) is 2.03. The Balaban J connectivity index is 3.45. The second-order valence-corrected chi connectivity index (χ2v) is 3.50. The van der Waals surface area contributed by atoms with Crippen LogP contribution in [0.3, 0.4) is 0 Å². The second-order valence-electron chi connectivity index (χ2n) is 3.50. The zero-order valence-corrected chi connectivity index (χ0v) is 8.75. The normalized spacial score (nSPS) is 15.3. The summed E-state index contributed by atoms with van der Waals surface area (Å²) in [5, 5.41) is 8.63. The molecule has 78 valence electrons. The van der Waals surface area contributed by atoms with Gasteiger partial charge in [-0.15, -0.1) is 0 Å². The first-order valence-electron chi connectivity index (χ1n) is 4.92. The quantitative estimate of drug-likeness (QED) is 0.666. The van der Waals surface area contributed by atoms with Crippen LogP contribution in [0.1, 0.15) is 40.0 Å². The number of carbonyl (C=O) groups is 1. The Morgan fingerprint density at radius 2 is 2.00 bits per heavy atom. The molecule has 0 spiro atoms. The molecule has 3 nitrogen and oxygen atoms in total. The van der Waals surface area contributed by atoms with Gasteiger partial charge in [-0.1, -0.05) is 13.8 Å². The van der Waals surface area contributed by atoms with Crippen LogP contribution >= 0.6 is 0 Å². The number of ether oxygens (including phenoxy) is 1. The molecule has 0 aromatic carbocycles. The van der Waals surface area contributed by atoms with Gasteiger partial charge in [0, 0.05) is 6.61 Å². The summed E-state index contributed by atoms with van der Waals surface area (Å²) in [6, 6.07) is 0. The van der Waals surface area contributed by atoms with E-state index in [1.807, 2.05) is 6.92 Å². The van der Waals surface area contributed by atoms with Gasteiger partial charge in [-0.25, -0.2) is 0 Å². The van der Waals surface area contributed by atoms with Crippen molar-refractivity contribution in [3.63, 3.8) is 0 Å². The van der Waals surface area contributed by atoms with Gasteiger partial charge < -0.3 is 9.84 Å². The van der Waals surface area contributed by atoms with Gasteiger partial charge in [0.2, 0.25) is 0 Å². The van der Waals surface area contributed by atoms with Gasteiger partial charge in [0.25, 0.3) is 0 Å². The standard InChI is InChI=1S/C10H20O3/c1-4-7-13-9(3)6-5-8(2)10(11)12/h8-9H,4-7H2,1-3H3,(H,11,12)/t8-,9-/m0/s1. The lowest BCUT2D eigenvalue weighted by molar-refractivity contribution is -0.141. The van der Waals surface area contributed by atoms with Crippen LogP contribution in [0.2, 0.25) is 0 Å². The Morgan fingerprint density at radius 1 is 1.38 bits per heavy atom. The number of carboxylic acids is 1. The van der Waals surface area contributed by atoms with Gasteiger partial charge in [-0.05, 0) is 26.2 Å². The van der Waals surface area contributed by atoms with Crippen molar-refractivity contribution in [3.8, 4) is 0 Å². The van der Waals surface area contributed by atoms with E-state index >= 15 is 0 Å². The van der Waals surface area contributed by atoms with Crippen molar-refractivity contribution in [1.82, 2.24) is 0 Å². The number of aliphatic carboxylic acids is 1. The van der Waals surface area contributed by atoms with Gasteiger partial charge in [0.15, 0.2) is 0 Å². The molecule has 0 aliphatic carbocycles. The van der Waals surface area contributed by atoms with E-state index in [0.29, 0.717) is 6.42 Å². The van der Waals surface area contributed by atoms with Crippen LogP contribution in [-0.4, -0.2) is 23.8 Å². The summed E-state index contributed by atoms with van der Waals surface area (Å²) >= 11 is 0. The van der Waals surface area contributed by atoms with Crippen LogP contribution in [0.25, 0.3) is 0 Å². The summed E-state index contributed by atoms with van der Waals surface area (Å²) in [5.41, 5.74) is 0. The maximum Gasteiger partial charge on any atom is 0.306 e. The highest BCUT2D eigenvalue weighted by atomic mass is 16.5. The summed E-state index contributed by atoms with van der Waals surface area (Å²) in [6.45, 7) is 6.55. The molecule has 0 bridgehead atoms. The minimum Gasteiger partial charge on any atom is -0.481 e. The minimum absolute atomic E-state index is 0.182. The van der Waals surface area contributed by atoms with Crippen LogP contribution in [0.5, 0.6) is 0 Å². The van der Waals surface area contributed by atoms with E-state index < -0.39 is 5.97 Å². The first kappa shape index (κ1) is 12.4. The molecule has 0 fully saturated rings. The Kier molecular flexibility index (Phi) is 6.59. The van der Waals surface area contributed by atoms with Gasteiger partial charge in [-0.2, -0.15) is 0 Å². The predicted octanol–water partition coefficient (Wildman–Crippen LogP) is 2.30. The molecule has 13 heavy (non-hydrogen) atoms. The van der Waals surface area contributed by atoms with Gasteiger partial charge in [0.05, 0.1) is 12.0 Å². The summed E-state index contributed by atoms with van der Waals surface area (Å²) < 4.78 is 5.43. The highest BCUT2D eigenvalue weighted by Crippen LogP contribution is 2.10. The largest absolute Gasteiger partial charge is 0.481 e. The van der Waals surface area contributed by atoms with Crippen molar-refractivity contribution in [3.05, 3.63) is 0 Å². The van der Waals surface area contributed by atoms with Gasteiger partial charge >= 0.3 is 5.97 Å². The summed E-state index contributed by atoms with van der Waals surface area (Å²) in [4.78, 5) is 10.5. The fourth-order valence-corrected chi connectivity index (χ4v) is 1.01. The van der Waals surface area contributed by atoms with Crippen molar-refractivity contribution in [2.75, 3.05) is 6.61 Å². The molecule has 0 heterocycles. The highest BCUT2D eigenvalue weighted by Gasteiger charge is 2.12. The summed E-state index contributed by atoms with van der Waals surface area (Å²) in [6.07, 6.45) is 2.72. The summed E-state index contributed by atoms with van der Waals surface area (Å²) in [5.74, 6) is -0.977. The van der Waals surface area contributed by atoms with E-state index in [1.54, 1.807) is 6.92 Å². The molecular weight excluding hydrogens is 168 g/mol. The van der Waals surface area contributed by atoms with E-state index in [1.165, 1.54) is 0 Å². The molecule has 0 aliphatic heterocycles. The molecule has 3 heteroatoms. The first-order chi connectivity index (χ1) is 6.07. The molecule has 0 amide bonds. The van der Waals surface area contributed by atoms with Crippen LogP contribution < -0.4 is 0 Å². The van der Waals surface area contributed by atoms with Gasteiger partial charge in [0.1, 0.15) is 0 Å². The average Bonchev–Trinajstić information content (AvgIpc) is 2.10. The molecule has 0 aliphatic rings. The molecule has 0 radical (unpaired) electrons. The number of hydrogen-bond donors (Lipinski definition) is 1. The molecule has 0 saturated heterocycles. The topological polar surface area (TPSA) is 46.5 Å². The maximum absolute atomic E-state index is 10.5. The molecule has 0 rings (SSSR count). The van der Waals surface area contributed by atoms with Crippen LogP contribution in [0.15, 0.2) is 0 Å². The molecular formula is C10H20O3. The van der Waals surface area contributed by atoms with Crippen LogP contribution in [0, 0.1) is 5.92 Å². The molecule has 1 N–H and O–H groups in total. The molecule has 0 unspecified atom stereocenters.